The quantitative estimate of drug-likeness (QED) is 0.581. The summed E-state index contributed by atoms with van der Waals surface area (Å²) in [5.41, 5.74) is 0.835. The average molecular weight is 225 g/mol. The molecular formula is C10H15N3O3. The summed E-state index contributed by atoms with van der Waals surface area (Å²) in [7, 11) is 0. The van der Waals surface area contributed by atoms with Crippen LogP contribution in [0, 0.1) is 10.1 Å². The third kappa shape index (κ3) is 3.16. The number of pyridine rings is 1. The minimum atomic E-state index is -0.520. The van der Waals surface area contributed by atoms with Gasteiger partial charge in [-0.2, -0.15) is 0 Å². The summed E-state index contributed by atoms with van der Waals surface area (Å²) in [6.07, 6.45) is 2.16. The van der Waals surface area contributed by atoms with E-state index in [1.54, 1.807) is 6.07 Å². The largest absolute Gasteiger partial charge is 0.396 e. The highest BCUT2D eigenvalue weighted by Gasteiger charge is 2.10. The van der Waals surface area contributed by atoms with Crippen molar-refractivity contribution in [2.75, 3.05) is 24.6 Å². The Morgan fingerprint density at radius 3 is 2.75 bits per heavy atom. The molecule has 0 unspecified atom stereocenters. The van der Waals surface area contributed by atoms with Crippen molar-refractivity contribution < 1.29 is 10.0 Å². The lowest BCUT2D eigenvalue weighted by Gasteiger charge is -2.20. The summed E-state index contributed by atoms with van der Waals surface area (Å²) in [4.78, 5) is 15.7. The van der Waals surface area contributed by atoms with Gasteiger partial charge in [-0.3, -0.25) is 0 Å². The van der Waals surface area contributed by atoms with Gasteiger partial charge < -0.3 is 20.1 Å². The number of hydrogen-bond donors (Lipinski definition) is 1. The predicted molar refractivity (Wildman–Crippen MR) is 60.5 cm³/mol. The third-order valence-corrected chi connectivity index (χ3v) is 2.25. The maximum atomic E-state index is 10.4. The van der Waals surface area contributed by atoms with E-state index in [1.807, 2.05) is 11.8 Å². The Balaban J connectivity index is 2.74. The van der Waals surface area contributed by atoms with Gasteiger partial charge in [-0.05, 0) is 29.3 Å². The lowest BCUT2D eigenvalue weighted by Crippen LogP contribution is -2.24. The zero-order chi connectivity index (χ0) is 12.0. The monoisotopic (exact) mass is 225 g/mol. The first kappa shape index (κ1) is 12.4. The number of aromatic nitrogens is 1. The first-order valence-electron chi connectivity index (χ1n) is 5.15. The standard InChI is InChI=1S/C10H15N3O3/c1-2-12(6-3-7-14)9-4-5-10(11-8-9)13(15)16/h4-5,8,14H,2-3,6-7H2,1H3. The van der Waals surface area contributed by atoms with Crippen LogP contribution in [0.25, 0.3) is 0 Å². The van der Waals surface area contributed by atoms with Crippen LogP contribution in [0.1, 0.15) is 13.3 Å². The molecule has 0 spiro atoms. The maximum absolute atomic E-state index is 10.4. The molecule has 1 aromatic heterocycles. The van der Waals surface area contributed by atoms with E-state index >= 15 is 0 Å². The summed E-state index contributed by atoms with van der Waals surface area (Å²) in [6, 6.07) is 3.06. The van der Waals surface area contributed by atoms with Crippen LogP contribution in [0.2, 0.25) is 0 Å². The van der Waals surface area contributed by atoms with Gasteiger partial charge in [-0.15, -0.1) is 0 Å². The van der Waals surface area contributed by atoms with Crippen molar-refractivity contribution >= 4 is 11.5 Å². The van der Waals surface area contributed by atoms with Gasteiger partial charge in [-0.25, -0.2) is 0 Å². The summed E-state index contributed by atoms with van der Waals surface area (Å²) in [5, 5.41) is 19.2. The van der Waals surface area contributed by atoms with Gasteiger partial charge in [0.1, 0.15) is 0 Å². The lowest BCUT2D eigenvalue weighted by atomic mass is 10.3. The molecule has 0 saturated heterocycles. The number of nitrogens with zero attached hydrogens (tertiary/aromatic N) is 3. The molecule has 0 saturated carbocycles. The second-order valence-electron chi connectivity index (χ2n) is 3.29. The van der Waals surface area contributed by atoms with Crippen LogP contribution in [0.4, 0.5) is 11.5 Å². The van der Waals surface area contributed by atoms with Crippen molar-refractivity contribution in [1.82, 2.24) is 4.98 Å². The second kappa shape index (κ2) is 6.02. The van der Waals surface area contributed by atoms with Gasteiger partial charge in [0.2, 0.25) is 0 Å². The zero-order valence-corrected chi connectivity index (χ0v) is 9.17. The third-order valence-electron chi connectivity index (χ3n) is 2.25. The van der Waals surface area contributed by atoms with Crippen molar-refractivity contribution in [2.45, 2.75) is 13.3 Å². The number of aliphatic hydroxyl groups is 1. The minimum absolute atomic E-state index is 0.136. The molecule has 0 amide bonds. The molecule has 0 aliphatic rings. The van der Waals surface area contributed by atoms with Crippen molar-refractivity contribution in [1.29, 1.82) is 0 Å². The second-order valence-corrected chi connectivity index (χ2v) is 3.29. The number of hydrogen-bond acceptors (Lipinski definition) is 5. The van der Waals surface area contributed by atoms with Crippen LogP contribution in [0.15, 0.2) is 18.3 Å². The Morgan fingerprint density at radius 2 is 2.31 bits per heavy atom. The molecule has 0 fully saturated rings. The van der Waals surface area contributed by atoms with Crippen LogP contribution in [0.5, 0.6) is 0 Å². The number of aliphatic hydroxyl groups excluding tert-OH is 1. The molecule has 0 bridgehead atoms. The summed E-state index contributed by atoms with van der Waals surface area (Å²) in [5.74, 6) is -0.151. The van der Waals surface area contributed by atoms with Gasteiger partial charge in [0.15, 0.2) is 6.20 Å². The predicted octanol–water partition coefficient (Wildman–Crippen LogP) is 1.20. The van der Waals surface area contributed by atoms with E-state index in [0.29, 0.717) is 13.0 Å². The first-order valence-corrected chi connectivity index (χ1v) is 5.15. The molecule has 0 atom stereocenters. The topological polar surface area (TPSA) is 79.5 Å². The van der Waals surface area contributed by atoms with Gasteiger partial charge in [-0.1, -0.05) is 0 Å². The molecule has 1 heterocycles. The van der Waals surface area contributed by atoms with Gasteiger partial charge in [0.05, 0.1) is 5.69 Å². The Kier molecular flexibility index (Phi) is 4.65. The molecule has 0 aliphatic carbocycles. The number of anilines is 1. The SMILES string of the molecule is CCN(CCCO)c1ccc([N+](=O)[O-])nc1. The molecule has 0 aromatic carbocycles. The molecule has 88 valence electrons. The zero-order valence-electron chi connectivity index (χ0n) is 9.17. The summed E-state index contributed by atoms with van der Waals surface area (Å²) < 4.78 is 0. The van der Waals surface area contributed by atoms with E-state index in [9.17, 15) is 10.1 Å². The van der Waals surface area contributed by atoms with E-state index in [1.165, 1.54) is 12.3 Å². The van der Waals surface area contributed by atoms with Crippen molar-refractivity contribution in [3.05, 3.63) is 28.4 Å². The molecule has 16 heavy (non-hydrogen) atoms. The molecule has 0 aliphatic heterocycles. The molecule has 6 heteroatoms. The maximum Gasteiger partial charge on any atom is 0.363 e. The van der Waals surface area contributed by atoms with E-state index in [4.69, 9.17) is 5.11 Å². The van der Waals surface area contributed by atoms with Crippen LogP contribution in [0.3, 0.4) is 0 Å². The highest BCUT2D eigenvalue weighted by atomic mass is 16.6. The number of nitro groups is 1. The van der Waals surface area contributed by atoms with Crippen LogP contribution in [-0.2, 0) is 0 Å². The van der Waals surface area contributed by atoms with Gasteiger partial charge in [0, 0.05) is 25.8 Å². The smallest absolute Gasteiger partial charge is 0.363 e. The van der Waals surface area contributed by atoms with Crippen LogP contribution in [-0.4, -0.2) is 34.7 Å². The average Bonchev–Trinajstić information content (AvgIpc) is 2.30. The van der Waals surface area contributed by atoms with E-state index < -0.39 is 4.92 Å². The Morgan fingerprint density at radius 1 is 1.56 bits per heavy atom. The first-order chi connectivity index (χ1) is 7.69. The molecule has 1 rings (SSSR count). The number of rotatable bonds is 6. The summed E-state index contributed by atoms with van der Waals surface area (Å²) >= 11 is 0. The summed E-state index contributed by atoms with van der Waals surface area (Å²) in [6.45, 7) is 3.61. The van der Waals surface area contributed by atoms with Crippen molar-refractivity contribution in [2.24, 2.45) is 0 Å². The molecule has 0 radical (unpaired) electrons. The van der Waals surface area contributed by atoms with Crippen LogP contribution >= 0.6 is 0 Å². The van der Waals surface area contributed by atoms with Gasteiger partial charge >= 0.3 is 5.82 Å². The van der Waals surface area contributed by atoms with Gasteiger partial charge in [0.25, 0.3) is 0 Å². The van der Waals surface area contributed by atoms with E-state index in [2.05, 4.69) is 4.98 Å². The van der Waals surface area contributed by atoms with Crippen molar-refractivity contribution in [3.8, 4) is 0 Å². The van der Waals surface area contributed by atoms with Crippen molar-refractivity contribution in [3.63, 3.8) is 0 Å². The molecule has 1 N–H and O–H groups in total. The fourth-order valence-electron chi connectivity index (χ4n) is 1.40. The highest BCUT2D eigenvalue weighted by Crippen LogP contribution is 2.16. The lowest BCUT2D eigenvalue weighted by molar-refractivity contribution is -0.389. The molecule has 1 aromatic rings. The molecular weight excluding hydrogens is 210 g/mol. The van der Waals surface area contributed by atoms with Crippen LogP contribution < -0.4 is 4.90 Å². The van der Waals surface area contributed by atoms with E-state index in [0.717, 1.165) is 12.2 Å². The Hall–Kier alpha value is -1.69. The minimum Gasteiger partial charge on any atom is -0.396 e. The molecule has 6 nitrogen and oxygen atoms in total. The normalized spacial score (nSPS) is 10.1. The fraction of sp³-hybridized carbons (Fsp3) is 0.500. The van der Waals surface area contributed by atoms with E-state index in [-0.39, 0.29) is 12.4 Å². The Bertz CT molecular complexity index is 340. The Labute approximate surface area is 93.7 Å². The fourth-order valence-corrected chi connectivity index (χ4v) is 1.40. The highest BCUT2D eigenvalue weighted by molar-refractivity contribution is 5.46.